The van der Waals surface area contributed by atoms with Gasteiger partial charge in [0.15, 0.2) is 5.78 Å². The minimum atomic E-state index is -0.00901. The van der Waals surface area contributed by atoms with Crippen LogP contribution >= 0.6 is 0 Å². The predicted octanol–water partition coefficient (Wildman–Crippen LogP) is 5.01. The van der Waals surface area contributed by atoms with Gasteiger partial charge in [0.1, 0.15) is 5.75 Å². The molecule has 3 aromatic rings. The average Bonchev–Trinajstić information content (AvgIpc) is 2.67. The summed E-state index contributed by atoms with van der Waals surface area (Å²) in [5.41, 5.74) is 3.56. The van der Waals surface area contributed by atoms with E-state index in [4.69, 9.17) is 4.74 Å². The fourth-order valence-electron chi connectivity index (χ4n) is 2.54. The standard InChI is InChI=1S/C22H18O2/c1-24-20-14-12-18(13-15-20)21(17-8-4-2-5-9-17)16-22(23)19-10-6-3-7-11-19/h2-16H,1H3/b21-16-. The van der Waals surface area contributed by atoms with E-state index < -0.39 is 0 Å². The van der Waals surface area contributed by atoms with E-state index in [2.05, 4.69) is 0 Å². The molecule has 0 fully saturated rings. The topological polar surface area (TPSA) is 26.3 Å². The summed E-state index contributed by atoms with van der Waals surface area (Å²) in [5, 5.41) is 0. The van der Waals surface area contributed by atoms with Gasteiger partial charge in [-0.05, 0) is 34.9 Å². The second-order valence-electron chi connectivity index (χ2n) is 5.38. The molecule has 0 N–H and O–H groups in total. The third-order valence-electron chi connectivity index (χ3n) is 3.82. The van der Waals surface area contributed by atoms with E-state index in [0.29, 0.717) is 5.56 Å². The van der Waals surface area contributed by atoms with Gasteiger partial charge in [-0.25, -0.2) is 0 Å². The van der Waals surface area contributed by atoms with Crippen molar-refractivity contribution in [2.24, 2.45) is 0 Å². The summed E-state index contributed by atoms with van der Waals surface area (Å²) in [6.45, 7) is 0. The van der Waals surface area contributed by atoms with Crippen LogP contribution in [0.15, 0.2) is 91.0 Å². The highest BCUT2D eigenvalue weighted by atomic mass is 16.5. The highest BCUT2D eigenvalue weighted by molar-refractivity contribution is 6.10. The van der Waals surface area contributed by atoms with Crippen molar-refractivity contribution in [3.63, 3.8) is 0 Å². The van der Waals surface area contributed by atoms with Crippen LogP contribution < -0.4 is 4.74 Å². The molecule has 0 aromatic heterocycles. The van der Waals surface area contributed by atoms with Crippen LogP contribution in [0.5, 0.6) is 5.75 Å². The van der Waals surface area contributed by atoms with Crippen LogP contribution in [0.1, 0.15) is 21.5 Å². The zero-order chi connectivity index (χ0) is 16.8. The number of allylic oxidation sites excluding steroid dienone is 1. The zero-order valence-electron chi connectivity index (χ0n) is 13.5. The van der Waals surface area contributed by atoms with Gasteiger partial charge in [0.2, 0.25) is 0 Å². The van der Waals surface area contributed by atoms with Gasteiger partial charge in [-0.3, -0.25) is 4.79 Å². The van der Waals surface area contributed by atoms with Crippen molar-refractivity contribution in [1.29, 1.82) is 0 Å². The quantitative estimate of drug-likeness (QED) is 0.489. The molecule has 2 nitrogen and oxygen atoms in total. The smallest absolute Gasteiger partial charge is 0.186 e. The summed E-state index contributed by atoms with van der Waals surface area (Å²) in [6, 6.07) is 27.0. The van der Waals surface area contributed by atoms with E-state index >= 15 is 0 Å². The second kappa shape index (κ2) is 7.42. The first kappa shape index (κ1) is 15.8. The molecule has 3 aromatic carbocycles. The number of benzene rings is 3. The Morgan fingerprint density at radius 2 is 1.21 bits per heavy atom. The molecular formula is C22H18O2. The molecule has 0 aliphatic heterocycles. The van der Waals surface area contributed by atoms with Crippen LogP contribution in [0, 0.1) is 0 Å². The predicted molar refractivity (Wildman–Crippen MR) is 97.3 cm³/mol. The van der Waals surface area contributed by atoms with Crippen LogP contribution in [0.3, 0.4) is 0 Å². The largest absolute Gasteiger partial charge is 0.497 e. The summed E-state index contributed by atoms with van der Waals surface area (Å²) < 4.78 is 5.22. The van der Waals surface area contributed by atoms with Crippen molar-refractivity contribution in [1.82, 2.24) is 0 Å². The Morgan fingerprint density at radius 3 is 1.75 bits per heavy atom. The molecule has 0 bridgehead atoms. The Balaban J connectivity index is 2.05. The normalized spacial score (nSPS) is 11.1. The number of ether oxygens (including phenoxy) is 1. The third-order valence-corrected chi connectivity index (χ3v) is 3.82. The molecular weight excluding hydrogens is 296 g/mol. The molecule has 0 atom stereocenters. The Hall–Kier alpha value is -3.13. The van der Waals surface area contributed by atoms with Crippen LogP contribution in [0.25, 0.3) is 5.57 Å². The average molecular weight is 314 g/mol. The molecule has 0 unspecified atom stereocenters. The van der Waals surface area contributed by atoms with Gasteiger partial charge < -0.3 is 4.74 Å². The number of carbonyl (C=O) groups excluding carboxylic acids is 1. The molecule has 0 amide bonds. The molecule has 0 spiro atoms. The molecule has 2 heteroatoms. The van der Waals surface area contributed by atoms with Crippen LogP contribution in [0.2, 0.25) is 0 Å². The number of hydrogen-bond donors (Lipinski definition) is 0. The molecule has 118 valence electrons. The van der Waals surface area contributed by atoms with Gasteiger partial charge in [-0.15, -0.1) is 0 Å². The highest BCUT2D eigenvalue weighted by Crippen LogP contribution is 2.26. The van der Waals surface area contributed by atoms with Gasteiger partial charge in [0.05, 0.1) is 7.11 Å². The Labute approximate surface area is 142 Å². The molecule has 0 saturated carbocycles. The maximum absolute atomic E-state index is 12.6. The minimum Gasteiger partial charge on any atom is -0.497 e. The van der Waals surface area contributed by atoms with Crippen LogP contribution in [-0.2, 0) is 0 Å². The highest BCUT2D eigenvalue weighted by Gasteiger charge is 2.09. The maximum atomic E-state index is 12.6. The van der Waals surface area contributed by atoms with Crippen molar-refractivity contribution in [3.8, 4) is 5.75 Å². The van der Waals surface area contributed by atoms with Gasteiger partial charge >= 0.3 is 0 Å². The third kappa shape index (κ3) is 3.61. The van der Waals surface area contributed by atoms with Crippen molar-refractivity contribution in [3.05, 3.63) is 108 Å². The zero-order valence-corrected chi connectivity index (χ0v) is 13.5. The van der Waals surface area contributed by atoms with Crippen molar-refractivity contribution in [2.45, 2.75) is 0 Å². The Bertz CT molecular complexity index is 832. The molecule has 0 aliphatic rings. The number of hydrogen-bond acceptors (Lipinski definition) is 2. The second-order valence-corrected chi connectivity index (χ2v) is 5.38. The van der Waals surface area contributed by atoms with E-state index in [1.165, 1.54) is 0 Å². The Morgan fingerprint density at radius 1 is 0.708 bits per heavy atom. The van der Waals surface area contributed by atoms with E-state index in [1.807, 2.05) is 84.9 Å². The molecule has 3 rings (SSSR count). The lowest BCUT2D eigenvalue weighted by atomic mass is 9.95. The van der Waals surface area contributed by atoms with Crippen molar-refractivity contribution < 1.29 is 9.53 Å². The lowest BCUT2D eigenvalue weighted by molar-refractivity contribution is 0.104. The first-order chi connectivity index (χ1) is 11.8. The van der Waals surface area contributed by atoms with Gasteiger partial charge in [-0.1, -0.05) is 72.8 Å². The molecule has 0 radical (unpaired) electrons. The fourth-order valence-corrected chi connectivity index (χ4v) is 2.54. The van der Waals surface area contributed by atoms with Crippen LogP contribution in [-0.4, -0.2) is 12.9 Å². The van der Waals surface area contributed by atoms with Gasteiger partial charge in [-0.2, -0.15) is 0 Å². The lowest BCUT2D eigenvalue weighted by Gasteiger charge is -2.09. The van der Waals surface area contributed by atoms with Crippen LogP contribution in [0.4, 0.5) is 0 Å². The number of rotatable bonds is 5. The number of methoxy groups -OCH3 is 1. The van der Waals surface area contributed by atoms with Gasteiger partial charge in [0.25, 0.3) is 0 Å². The van der Waals surface area contributed by atoms with Crippen molar-refractivity contribution >= 4 is 11.4 Å². The van der Waals surface area contributed by atoms with E-state index in [0.717, 1.165) is 22.4 Å². The van der Waals surface area contributed by atoms with Crippen molar-refractivity contribution in [2.75, 3.05) is 7.11 Å². The SMILES string of the molecule is COc1ccc(/C(=C\C(=O)c2ccccc2)c2ccccc2)cc1. The lowest BCUT2D eigenvalue weighted by Crippen LogP contribution is -1.97. The maximum Gasteiger partial charge on any atom is 0.186 e. The summed E-state index contributed by atoms with van der Waals surface area (Å²) in [6.07, 6.45) is 1.70. The summed E-state index contributed by atoms with van der Waals surface area (Å²) in [7, 11) is 1.64. The monoisotopic (exact) mass is 314 g/mol. The van der Waals surface area contributed by atoms with E-state index in [1.54, 1.807) is 13.2 Å². The summed E-state index contributed by atoms with van der Waals surface area (Å²) >= 11 is 0. The number of carbonyl (C=O) groups is 1. The van der Waals surface area contributed by atoms with Gasteiger partial charge in [0, 0.05) is 5.56 Å². The first-order valence-electron chi connectivity index (χ1n) is 7.79. The first-order valence-corrected chi connectivity index (χ1v) is 7.79. The number of ketones is 1. The molecule has 0 saturated heterocycles. The summed E-state index contributed by atoms with van der Waals surface area (Å²) in [5.74, 6) is 0.783. The fraction of sp³-hybridized carbons (Fsp3) is 0.0455. The van der Waals surface area contributed by atoms with E-state index in [-0.39, 0.29) is 5.78 Å². The minimum absolute atomic E-state index is 0.00901. The molecule has 0 heterocycles. The summed E-state index contributed by atoms with van der Waals surface area (Å²) in [4.78, 5) is 12.6. The molecule has 24 heavy (non-hydrogen) atoms. The Kier molecular flexibility index (Phi) is 4.87. The van der Waals surface area contributed by atoms with E-state index in [9.17, 15) is 4.79 Å². The molecule has 0 aliphatic carbocycles.